The van der Waals surface area contributed by atoms with Crippen LogP contribution in [0, 0.1) is 17.3 Å². The van der Waals surface area contributed by atoms with Crippen LogP contribution in [0.1, 0.15) is 49.8 Å². The highest BCUT2D eigenvalue weighted by Crippen LogP contribution is 2.53. The quantitative estimate of drug-likeness (QED) is 0.424. The topological polar surface area (TPSA) is 83.6 Å². The molecule has 1 aliphatic carbocycles. The number of methoxy groups -OCH3 is 1. The van der Waals surface area contributed by atoms with Crippen LogP contribution in [0.25, 0.3) is 0 Å². The lowest BCUT2D eigenvalue weighted by Gasteiger charge is -2.37. The fourth-order valence-electron chi connectivity index (χ4n) is 7.74. The molecule has 2 saturated heterocycles. The van der Waals surface area contributed by atoms with Crippen molar-refractivity contribution in [2.45, 2.75) is 64.4 Å². The Morgan fingerprint density at radius 3 is 2.70 bits per heavy atom. The summed E-state index contributed by atoms with van der Waals surface area (Å²) in [4.78, 5) is 33.2. The van der Waals surface area contributed by atoms with E-state index in [1.807, 2.05) is 0 Å². The molecular formula is C32H47F3N4O5. The molecule has 9 nitrogen and oxygen atoms in total. The molecule has 1 aromatic rings. The van der Waals surface area contributed by atoms with Gasteiger partial charge in [0.1, 0.15) is 6.61 Å². The van der Waals surface area contributed by atoms with Crippen LogP contribution in [-0.4, -0.2) is 112 Å². The number of ether oxygens (including phenoxy) is 3. The molecule has 4 aliphatic rings. The molecule has 2 amide bonds. The number of halogens is 3. The van der Waals surface area contributed by atoms with Gasteiger partial charge >= 0.3 is 12.3 Å². The number of nitrogens with zero attached hydrogens (tertiary/aromatic N) is 3. The van der Waals surface area contributed by atoms with E-state index >= 15 is 0 Å². The van der Waals surface area contributed by atoms with Crippen molar-refractivity contribution >= 4 is 12.0 Å². The van der Waals surface area contributed by atoms with Crippen molar-refractivity contribution in [1.82, 2.24) is 20.0 Å². The second-order valence-corrected chi connectivity index (χ2v) is 12.8. The third-order valence-electron chi connectivity index (χ3n) is 10.3. The highest BCUT2D eigenvalue weighted by Gasteiger charge is 2.59. The van der Waals surface area contributed by atoms with Gasteiger partial charge < -0.3 is 34.2 Å². The second kappa shape index (κ2) is 13.9. The van der Waals surface area contributed by atoms with Gasteiger partial charge in [0.05, 0.1) is 23.7 Å². The van der Waals surface area contributed by atoms with E-state index in [4.69, 9.17) is 14.2 Å². The lowest BCUT2D eigenvalue weighted by Crippen LogP contribution is -2.50. The van der Waals surface area contributed by atoms with Crippen LogP contribution in [0.2, 0.25) is 0 Å². The number of likely N-dealkylation sites (tertiary alicyclic amines) is 1. The van der Waals surface area contributed by atoms with E-state index in [2.05, 4.69) is 24.1 Å². The second-order valence-electron chi connectivity index (χ2n) is 12.8. The Morgan fingerprint density at radius 1 is 1.18 bits per heavy atom. The van der Waals surface area contributed by atoms with Gasteiger partial charge in [-0.2, -0.15) is 13.2 Å². The van der Waals surface area contributed by atoms with E-state index < -0.39 is 23.2 Å². The summed E-state index contributed by atoms with van der Waals surface area (Å²) in [7, 11) is 1.69. The van der Waals surface area contributed by atoms with Crippen LogP contribution in [-0.2, 0) is 38.1 Å². The number of likely N-dealkylation sites (N-methyl/N-ethyl adjacent to an activating group) is 1. The Kier molecular flexibility index (Phi) is 10.4. The van der Waals surface area contributed by atoms with Gasteiger partial charge in [0.15, 0.2) is 0 Å². The van der Waals surface area contributed by atoms with Gasteiger partial charge in [-0.25, -0.2) is 4.79 Å². The third kappa shape index (κ3) is 7.03. The lowest BCUT2D eigenvalue weighted by atomic mass is 9.78. The monoisotopic (exact) mass is 624 g/mol. The van der Waals surface area contributed by atoms with Crippen molar-refractivity contribution in [2.75, 3.05) is 72.7 Å². The van der Waals surface area contributed by atoms with Crippen LogP contribution < -0.4 is 5.32 Å². The lowest BCUT2D eigenvalue weighted by molar-refractivity contribution is -0.144. The minimum atomic E-state index is -4.44. The number of benzene rings is 1. The van der Waals surface area contributed by atoms with Gasteiger partial charge in [0.25, 0.3) is 0 Å². The van der Waals surface area contributed by atoms with Gasteiger partial charge in [-0.15, -0.1) is 0 Å². The first-order valence-corrected chi connectivity index (χ1v) is 16.0. The molecule has 0 bridgehead atoms. The normalized spacial score (nSPS) is 28.7. The molecule has 44 heavy (non-hydrogen) atoms. The van der Waals surface area contributed by atoms with Crippen LogP contribution in [0.3, 0.4) is 0 Å². The molecule has 3 fully saturated rings. The molecule has 12 heteroatoms. The zero-order valence-electron chi connectivity index (χ0n) is 26.2. The average Bonchev–Trinajstić information content (AvgIpc) is 3.56. The molecule has 3 heterocycles. The van der Waals surface area contributed by atoms with Gasteiger partial charge in [-0.1, -0.05) is 19.9 Å². The molecule has 1 aromatic carbocycles. The van der Waals surface area contributed by atoms with Crippen molar-refractivity contribution in [3.63, 3.8) is 0 Å². The number of nitrogens with one attached hydrogen (secondary N) is 1. The maximum Gasteiger partial charge on any atom is 0.416 e. The van der Waals surface area contributed by atoms with Gasteiger partial charge in [-0.05, 0) is 80.4 Å². The molecule has 0 aromatic heterocycles. The minimum absolute atomic E-state index is 0.0307. The summed E-state index contributed by atoms with van der Waals surface area (Å²) in [6.45, 7) is 10.0. The maximum atomic E-state index is 14.5. The smallest absolute Gasteiger partial charge is 0.416 e. The van der Waals surface area contributed by atoms with E-state index in [9.17, 15) is 22.8 Å². The number of rotatable bonds is 10. The Labute approximate surface area is 258 Å². The van der Waals surface area contributed by atoms with Crippen LogP contribution in [0.5, 0.6) is 0 Å². The molecule has 5 rings (SSSR count). The number of carbonyl (C=O) groups is 2. The molecule has 0 radical (unpaired) electrons. The van der Waals surface area contributed by atoms with Crippen molar-refractivity contribution in [2.24, 2.45) is 17.3 Å². The van der Waals surface area contributed by atoms with Crippen molar-refractivity contribution in [3.05, 3.63) is 34.9 Å². The predicted molar refractivity (Wildman–Crippen MR) is 158 cm³/mol. The summed E-state index contributed by atoms with van der Waals surface area (Å²) in [5.41, 5.74) is -0.103. The summed E-state index contributed by atoms with van der Waals surface area (Å²) >= 11 is 0. The number of carbonyl (C=O) groups excluding carboxylic acids is 2. The van der Waals surface area contributed by atoms with E-state index in [1.165, 1.54) is 12.1 Å². The van der Waals surface area contributed by atoms with E-state index in [-0.39, 0.29) is 49.6 Å². The Bertz CT molecular complexity index is 1170. The third-order valence-corrected chi connectivity index (χ3v) is 10.3. The highest BCUT2D eigenvalue weighted by molar-refractivity contribution is 5.86. The molecule has 5 atom stereocenters. The zero-order chi connectivity index (χ0) is 31.5. The SMILES string of the molecule is CCN(CC)CCOC(=O)N1C[C@@H]2C[C@@H](CNC3CCOCC3OC)C[C@]2(C(=O)N2CCc3ccc(C(F)(F)F)cc3C2)C1. The van der Waals surface area contributed by atoms with Gasteiger partial charge in [-0.3, -0.25) is 4.79 Å². The Balaban J connectivity index is 1.30. The van der Waals surface area contributed by atoms with Crippen molar-refractivity contribution in [3.8, 4) is 0 Å². The van der Waals surface area contributed by atoms with Crippen LogP contribution in [0.15, 0.2) is 18.2 Å². The predicted octanol–water partition coefficient (Wildman–Crippen LogP) is 3.79. The fraction of sp³-hybridized carbons (Fsp3) is 0.750. The Morgan fingerprint density at radius 2 is 1.98 bits per heavy atom. The van der Waals surface area contributed by atoms with Crippen molar-refractivity contribution in [1.29, 1.82) is 0 Å². The molecule has 246 valence electrons. The highest BCUT2D eigenvalue weighted by atomic mass is 19.4. The molecular weight excluding hydrogens is 577 g/mol. The summed E-state index contributed by atoms with van der Waals surface area (Å²) in [5.74, 6) is 0.110. The number of alkyl halides is 3. The summed E-state index contributed by atoms with van der Waals surface area (Å²) in [5, 5.41) is 3.66. The Hall–Kier alpha value is -2.41. The molecule has 1 saturated carbocycles. The van der Waals surface area contributed by atoms with E-state index in [0.29, 0.717) is 51.3 Å². The number of fused-ring (bicyclic) bond motifs is 2. The summed E-state index contributed by atoms with van der Waals surface area (Å²) < 4.78 is 57.2. The first-order valence-electron chi connectivity index (χ1n) is 16.0. The largest absolute Gasteiger partial charge is 0.448 e. The van der Waals surface area contributed by atoms with Crippen LogP contribution in [0.4, 0.5) is 18.0 Å². The first-order chi connectivity index (χ1) is 21.1. The zero-order valence-corrected chi connectivity index (χ0v) is 26.2. The summed E-state index contributed by atoms with van der Waals surface area (Å²) in [6, 6.07) is 4.00. The average molecular weight is 625 g/mol. The number of amides is 2. The fourth-order valence-corrected chi connectivity index (χ4v) is 7.74. The number of hydrogen-bond acceptors (Lipinski definition) is 7. The first kappa shape index (κ1) is 33.0. The van der Waals surface area contributed by atoms with E-state index in [1.54, 1.807) is 16.9 Å². The standard InChI is InChI=1S/C32H47F3N4O5/c1-4-37(5-2)11-13-44-30(41)39-19-26-14-22(17-36-27-9-12-43-20-28(27)42-3)16-31(26,21-39)29(40)38-10-8-23-6-7-25(32(33,34)35)15-24(23)18-38/h6-7,15,22,26-28,36H,4-5,8-14,16-21H2,1-3H3/t22-,26+,27?,28?,31+/m1/s1. The molecule has 1 N–H and O–H groups in total. The maximum absolute atomic E-state index is 14.5. The van der Waals surface area contributed by atoms with Crippen LogP contribution >= 0.6 is 0 Å². The number of hydrogen-bond donors (Lipinski definition) is 1. The molecule has 3 aliphatic heterocycles. The van der Waals surface area contributed by atoms with Crippen molar-refractivity contribution < 1.29 is 37.0 Å². The van der Waals surface area contributed by atoms with E-state index in [0.717, 1.165) is 44.1 Å². The molecule has 0 spiro atoms. The minimum Gasteiger partial charge on any atom is -0.448 e. The van der Waals surface area contributed by atoms with Gasteiger partial charge in [0.2, 0.25) is 5.91 Å². The summed E-state index contributed by atoms with van der Waals surface area (Å²) in [6.07, 6.45) is -2.14. The van der Waals surface area contributed by atoms with Gasteiger partial charge in [0, 0.05) is 52.5 Å². The molecule has 2 unspecified atom stereocenters.